The van der Waals surface area contributed by atoms with Crippen molar-refractivity contribution < 1.29 is 20.0 Å². The molecule has 6 rings (SSSR count). The van der Waals surface area contributed by atoms with Crippen molar-refractivity contribution in [2.75, 3.05) is 0 Å². The highest BCUT2D eigenvalue weighted by molar-refractivity contribution is 6.13. The van der Waals surface area contributed by atoms with Crippen molar-refractivity contribution in [1.82, 2.24) is 0 Å². The maximum atomic E-state index is 8.81. The maximum absolute atomic E-state index is 8.81. The number of benzene rings is 4. The molecular formula is C38H38NO+. The summed E-state index contributed by atoms with van der Waals surface area (Å²) in [4.78, 5) is 0. The molecule has 0 aliphatic carbocycles. The molecule has 2 heterocycles. The summed E-state index contributed by atoms with van der Waals surface area (Å²) in [6.45, 7) is 2.03. The minimum absolute atomic E-state index is 0.00775. The number of hydrogen-bond donors (Lipinski definition) is 0. The molecule has 0 saturated heterocycles. The van der Waals surface area contributed by atoms with Gasteiger partial charge in [-0.1, -0.05) is 99.6 Å². The quantitative estimate of drug-likeness (QED) is 0.206. The number of furan rings is 1. The van der Waals surface area contributed by atoms with E-state index in [0.717, 1.165) is 38.6 Å². The van der Waals surface area contributed by atoms with E-state index >= 15 is 0 Å². The lowest BCUT2D eigenvalue weighted by Crippen LogP contribution is -2.31. The standard InChI is InChI=1S/C38H38NO/c1-24-16-18-32-31-15-11-14-30(28-12-9-8-10-13-28)36(31)40-37(32)35(24)34-21-33(26(3)23-39(34)7)29-19-17-27(20-25(29)2)22-38(4,5)6/h8-21,23H,22H2,1-7H3/q+1/i2D3,3D3,22D2. The number of aromatic nitrogens is 1. The summed E-state index contributed by atoms with van der Waals surface area (Å²) in [6.07, 6.45) is -0.307. The number of fused-ring (bicyclic) bond motifs is 3. The molecule has 0 bridgehead atoms. The molecule has 0 aliphatic heterocycles. The van der Waals surface area contributed by atoms with Gasteiger partial charge in [0.1, 0.15) is 18.2 Å². The first kappa shape index (κ1) is 18.2. The molecule has 0 saturated carbocycles. The van der Waals surface area contributed by atoms with Crippen LogP contribution in [0.3, 0.4) is 0 Å². The average molecular weight is 533 g/mol. The normalized spacial score (nSPS) is 15.9. The van der Waals surface area contributed by atoms with Gasteiger partial charge in [0.25, 0.3) is 0 Å². The van der Waals surface area contributed by atoms with Crippen molar-refractivity contribution in [1.29, 1.82) is 0 Å². The van der Waals surface area contributed by atoms with E-state index in [1.807, 2.05) is 67.6 Å². The number of rotatable bonds is 4. The van der Waals surface area contributed by atoms with Crippen LogP contribution in [0, 0.1) is 26.0 Å². The summed E-state index contributed by atoms with van der Waals surface area (Å²) in [6, 6.07) is 26.3. The van der Waals surface area contributed by atoms with Crippen LogP contribution in [0.5, 0.6) is 0 Å². The van der Waals surface area contributed by atoms with Crippen LogP contribution in [0.4, 0.5) is 0 Å². The summed E-state index contributed by atoms with van der Waals surface area (Å²) >= 11 is 0. The van der Waals surface area contributed by atoms with Gasteiger partial charge in [-0.3, -0.25) is 0 Å². The Morgan fingerprint density at radius 2 is 1.52 bits per heavy atom. The Morgan fingerprint density at radius 3 is 2.27 bits per heavy atom. The second kappa shape index (κ2) is 9.78. The molecule has 2 aromatic heterocycles. The second-order valence-electron chi connectivity index (χ2n) is 11.5. The summed E-state index contributed by atoms with van der Waals surface area (Å²) in [5.41, 5.74) is 5.41. The highest BCUT2D eigenvalue weighted by Crippen LogP contribution is 2.41. The molecule has 0 unspecified atom stereocenters. The lowest BCUT2D eigenvalue weighted by Gasteiger charge is -2.19. The largest absolute Gasteiger partial charge is 0.454 e. The zero-order valence-electron chi connectivity index (χ0n) is 31.5. The summed E-state index contributed by atoms with van der Waals surface area (Å²) in [7, 11) is 1.77. The second-order valence-corrected chi connectivity index (χ2v) is 11.5. The predicted molar refractivity (Wildman–Crippen MR) is 169 cm³/mol. The molecule has 4 aromatic carbocycles. The van der Waals surface area contributed by atoms with Gasteiger partial charge < -0.3 is 4.42 Å². The van der Waals surface area contributed by atoms with Crippen LogP contribution in [0.15, 0.2) is 95.5 Å². The van der Waals surface area contributed by atoms with Crippen LogP contribution in [-0.2, 0) is 13.4 Å². The molecule has 200 valence electrons. The van der Waals surface area contributed by atoms with E-state index in [1.54, 1.807) is 56.8 Å². The highest BCUT2D eigenvalue weighted by atomic mass is 16.3. The van der Waals surface area contributed by atoms with Crippen molar-refractivity contribution in [3.05, 3.63) is 113 Å². The third-order valence-corrected chi connectivity index (χ3v) is 7.32. The van der Waals surface area contributed by atoms with Gasteiger partial charge in [-0.2, -0.15) is 0 Å². The fourth-order valence-corrected chi connectivity index (χ4v) is 5.53. The van der Waals surface area contributed by atoms with Crippen molar-refractivity contribution in [3.8, 4) is 33.5 Å². The Balaban J connectivity index is 1.66. The Hall–Kier alpha value is -4.17. The van der Waals surface area contributed by atoms with Crippen LogP contribution in [0.2, 0.25) is 0 Å². The van der Waals surface area contributed by atoms with Gasteiger partial charge >= 0.3 is 0 Å². The lowest BCUT2D eigenvalue weighted by atomic mass is 9.86. The highest BCUT2D eigenvalue weighted by Gasteiger charge is 2.24. The van der Waals surface area contributed by atoms with Crippen molar-refractivity contribution in [2.24, 2.45) is 12.5 Å². The molecule has 0 fully saturated rings. The predicted octanol–water partition coefficient (Wildman–Crippen LogP) is 9.93. The summed E-state index contributed by atoms with van der Waals surface area (Å²) < 4.78 is 76.7. The first-order valence-electron chi connectivity index (χ1n) is 17.5. The maximum Gasteiger partial charge on any atom is 0.216 e. The Morgan fingerprint density at radius 1 is 0.750 bits per heavy atom. The van der Waals surface area contributed by atoms with E-state index in [9.17, 15) is 0 Å². The van der Waals surface area contributed by atoms with Crippen LogP contribution in [0.1, 0.15) is 54.0 Å². The van der Waals surface area contributed by atoms with E-state index in [1.165, 1.54) is 6.07 Å². The zero-order chi connectivity index (χ0) is 35.0. The molecule has 2 heteroatoms. The molecule has 0 aliphatic rings. The van der Waals surface area contributed by atoms with Gasteiger partial charge in [0, 0.05) is 38.9 Å². The molecule has 40 heavy (non-hydrogen) atoms. The van der Waals surface area contributed by atoms with Crippen molar-refractivity contribution >= 4 is 21.9 Å². The Labute approximate surface area is 249 Å². The van der Waals surface area contributed by atoms with Crippen molar-refractivity contribution in [2.45, 2.75) is 47.8 Å². The monoisotopic (exact) mass is 532 g/mol. The third-order valence-electron chi connectivity index (χ3n) is 7.32. The van der Waals surface area contributed by atoms with E-state index < -0.39 is 25.5 Å². The first-order valence-corrected chi connectivity index (χ1v) is 13.5. The Kier molecular flexibility index (Phi) is 4.46. The molecular weight excluding hydrogens is 486 g/mol. The van der Waals surface area contributed by atoms with Crippen LogP contribution in [0.25, 0.3) is 55.4 Å². The van der Waals surface area contributed by atoms with E-state index in [0.29, 0.717) is 11.3 Å². The van der Waals surface area contributed by atoms with E-state index in [2.05, 4.69) is 0 Å². The molecule has 0 N–H and O–H groups in total. The van der Waals surface area contributed by atoms with Crippen LogP contribution < -0.4 is 4.57 Å². The summed E-state index contributed by atoms with van der Waals surface area (Å²) in [5.74, 6) is 0. The van der Waals surface area contributed by atoms with Crippen LogP contribution >= 0.6 is 0 Å². The minimum atomic E-state index is -2.65. The van der Waals surface area contributed by atoms with Gasteiger partial charge in [0.2, 0.25) is 5.69 Å². The molecule has 2 nitrogen and oxygen atoms in total. The van der Waals surface area contributed by atoms with Gasteiger partial charge in [-0.25, -0.2) is 4.57 Å². The fraction of sp³-hybridized carbons (Fsp3) is 0.237. The van der Waals surface area contributed by atoms with Crippen molar-refractivity contribution in [3.63, 3.8) is 0 Å². The van der Waals surface area contributed by atoms with Gasteiger partial charge in [-0.05, 0) is 65.8 Å². The van der Waals surface area contributed by atoms with Gasteiger partial charge in [0.05, 0.1) is 5.56 Å². The third kappa shape index (κ3) is 4.62. The molecule has 6 aromatic rings. The lowest BCUT2D eigenvalue weighted by molar-refractivity contribution is -0.660. The number of aryl methyl sites for hydroxylation is 4. The first-order chi connectivity index (χ1) is 22.3. The number of pyridine rings is 1. The number of hydrogen-bond acceptors (Lipinski definition) is 1. The minimum Gasteiger partial charge on any atom is -0.454 e. The summed E-state index contributed by atoms with van der Waals surface area (Å²) in [5, 5.41) is 1.85. The molecule has 0 radical (unpaired) electrons. The van der Waals surface area contributed by atoms with Gasteiger partial charge in [0.15, 0.2) is 6.20 Å². The SMILES string of the molecule is [2H]C([2H])([2H])c1cc(C([2H])([2H])C(C)(C)C)ccc1-c1cc(-c2c(C)ccc3c2oc2c(-c4ccccc4)cccc23)[n+](C)cc1C([2H])([2H])[2H]. The number of para-hydroxylation sites is 1. The van der Waals surface area contributed by atoms with E-state index in [-0.39, 0.29) is 27.8 Å². The topological polar surface area (TPSA) is 17.0 Å². The zero-order valence-corrected chi connectivity index (χ0v) is 23.5. The van der Waals surface area contributed by atoms with Crippen LogP contribution in [-0.4, -0.2) is 0 Å². The molecule has 0 atom stereocenters. The molecule has 0 amide bonds. The molecule has 0 spiro atoms. The smallest absolute Gasteiger partial charge is 0.216 e. The number of nitrogens with zero attached hydrogens (tertiary/aromatic N) is 1. The van der Waals surface area contributed by atoms with E-state index in [4.69, 9.17) is 15.4 Å². The van der Waals surface area contributed by atoms with Gasteiger partial charge in [-0.15, -0.1) is 0 Å². The fourth-order valence-electron chi connectivity index (χ4n) is 5.53. The average Bonchev–Trinajstić information content (AvgIpc) is 3.38. The Bertz CT molecular complexity index is 2190.